The molecule has 102 valence electrons. The van der Waals surface area contributed by atoms with Crippen molar-refractivity contribution >= 4 is 21.4 Å². The molecule has 0 radical (unpaired) electrons. The van der Waals surface area contributed by atoms with Crippen molar-refractivity contribution in [3.05, 3.63) is 16.3 Å². The molecule has 1 saturated heterocycles. The number of aliphatic hydroxyl groups excluding tert-OH is 1. The standard InChI is InChI=1S/C12H19NO3S2/c1-2-10-4-3-5-13(7-10)18(15,16)12-6-11(8-14)17-9-12/h6,9-10,14H,2-5,7-8H2,1H3. The molecule has 0 amide bonds. The summed E-state index contributed by atoms with van der Waals surface area (Å²) in [5.74, 6) is 0.476. The second-order valence-corrected chi connectivity index (χ2v) is 7.62. The van der Waals surface area contributed by atoms with Crippen LogP contribution < -0.4 is 0 Å². The Morgan fingerprint density at radius 3 is 2.94 bits per heavy atom. The van der Waals surface area contributed by atoms with Crippen molar-refractivity contribution in [1.82, 2.24) is 4.31 Å². The lowest BCUT2D eigenvalue weighted by atomic mass is 9.97. The molecule has 0 aliphatic carbocycles. The van der Waals surface area contributed by atoms with Crippen molar-refractivity contribution in [2.45, 2.75) is 37.7 Å². The van der Waals surface area contributed by atoms with Crippen molar-refractivity contribution in [3.63, 3.8) is 0 Å². The summed E-state index contributed by atoms with van der Waals surface area (Å²) in [5.41, 5.74) is 0. The zero-order valence-corrected chi connectivity index (χ0v) is 12.1. The lowest BCUT2D eigenvalue weighted by Gasteiger charge is -2.31. The van der Waals surface area contributed by atoms with Gasteiger partial charge in [0.2, 0.25) is 10.0 Å². The van der Waals surface area contributed by atoms with Gasteiger partial charge in [0.1, 0.15) is 0 Å². The van der Waals surface area contributed by atoms with Crippen LogP contribution >= 0.6 is 11.3 Å². The van der Waals surface area contributed by atoms with Crippen LogP contribution in [-0.2, 0) is 16.6 Å². The summed E-state index contributed by atoms with van der Waals surface area (Å²) in [7, 11) is -3.36. The topological polar surface area (TPSA) is 57.6 Å². The average molecular weight is 289 g/mol. The predicted molar refractivity (Wildman–Crippen MR) is 72.0 cm³/mol. The first-order valence-corrected chi connectivity index (χ1v) is 8.58. The number of piperidine rings is 1. The van der Waals surface area contributed by atoms with Crippen LogP contribution in [0.5, 0.6) is 0 Å². The van der Waals surface area contributed by atoms with Gasteiger partial charge in [0, 0.05) is 23.3 Å². The van der Waals surface area contributed by atoms with Crippen molar-refractivity contribution in [2.75, 3.05) is 13.1 Å². The molecule has 1 fully saturated rings. The molecule has 6 heteroatoms. The fourth-order valence-electron chi connectivity index (χ4n) is 2.31. The minimum absolute atomic E-state index is 0.0994. The normalized spacial score (nSPS) is 22.2. The number of nitrogens with zero attached hydrogens (tertiary/aromatic N) is 1. The lowest BCUT2D eigenvalue weighted by Crippen LogP contribution is -2.39. The van der Waals surface area contributed by atoms with E-state index in [1.165, 1.54) is 11.3 Å². The molecule has 0 bridgehead atoms. The smallest absolute Gasteiger partial charge is 0.243 e. The summed E-state index contributed by atoms with van der Waals surface area (Å²) in [6.07, 6.45) is 3.08. The van der Waals surface area contributed by atoms with Crippen LogP contribution in [0.1, 0.15) is 31.1 Å². The fraction of sp³-hybridized carbons (Fsp3) is 0.667. The quantitative estimate of drug-likeness (QED) is 0.923. The van der Waals surface area contributed by atoms with Gasteiger partial charge < -0.3 is 5.11 Å². The van der Waals surface area contributed by atoms with Gasteiger partial charge in [-0.3, -0.25) is 0 Å². The summed E-state index contributed by atoms with van der Waals surface area (Å²) in [6.45, 7) is 3.25. The molecule has 1 aliphatic heterocycles. The molecule has 0 spiro atoms. The van der Waals surface area contributed by atoms with Crippen LogP contribution in [0.25, 0.3) is 0 Å². The maximum absolute atomic E-state index is 12.4. The summed E-state index contributed by atoms with van der Waals surface area (Å²) in [4.78, 5) is 1.02. The molecule has 0 aromatic carbocycles. The van der Waals surface area contributed by atoms with Crippen molar-refractivity contribution in [1.29, 1.82) is 0 Å². The van der Waals surface area contributed by atoms with E-state index in [0.29, 0.717) is 28.8 Å². The van der Waals surface area contributed by atoms with Gasteiger partial charge in [-0.1, -0.05) is 13.3 Å². The second-order valence-electron chi connectivity index (χ2n) is 4.69. The Kier molecular flexibility index (Phi) is 4.42. The summed E-state index contributed by atoms with van der Waals surface area (Å²) in [6, 6.07) is 1.58. The Hall–Kier alpha value is -0.430. The Labute approximate surface area is 112 Å². The summed E-state index contributed by atoms with van der Waals surface area (Å²) < 4.78 is 26.4. The Balaban J connectivity index is 2.19. The van der Waals surface area contributed by atoms with E-state index in [2.05, 4.69) is 6.92 Å². The molecule has 1 N–H and O–H groups in total. The molecule has 1 aromatic heterocycles. The Bertz CT molecular complexity index is 495. The van der Waals surface area contributed by atoms with Gasteiger partial charge in [0.15, 0.2) is 0 Å². The zero-order chi connectivity index (χ0) is 13.2. The monoisotopic (exact) mass is 289 g/mol. The van der Waals surface area contributed by atoms with Gasteiger partial charge >= 0.3 is 0 Å². The van der Waals surface area contributed by atoms with Gasteiger partial charge in [-0.05, 0) is 24.8 Å². The van der Waals surface area contributed by atoms with Gasteiger partial charge in [-0.25, -0.2) is 8.42 Å². The molecular weight excluding hydrogens is 270 g/mol. The number of thiophene rings is 1. The highest BCUT2D eigenvalue weighted by atomic mass is 32.2. The summed E-state index contributed by atoms with van der Waals surface area (Å²) >= 11 is 1.29. The minimum Gasteiger partial charge on any atom is -0.391 e. The zero-order valence-electron chi connectivity index (χ0n) is 10.5. The number of hydrogen-bond donors (Lipinski definition) is 1. The number of sulfonamides is 1. The van der Waals surface area contributed by atoms with E-state index >= 15 is 0 Å². The number of rotatable bonds is 4. The molecule has 2 heterocycles. The molecule has 1 aromatic rings. The molecule has 1 atom stereocenters. The van der Waals surface area contributed by atoms with Gasteiger partial charge in [-0.15, -0.1) is 11.3 Å². The van der Waals surface area contributed by atoms with Crippen LogP contribution in [0.4, 0.5) is 0 Å². The van der Waals surface area contributed by atoms with Crippen LogP contribution in [0.2, 0.25) is 0 Å². The van der Waals surface area contributed by atoms with E-state index < -0.39 is 10.0 Å². The molecule has 4 nitrogen and oxygen atoms in total. The molecule has 2 rings (SSSR count). The maximum atomic E-state index is 12.4. The second kappa shape index (κ2) is 5.69. The minimum atomic E-state index is -3.36. The van der Waals surface area contributed by atoms with E-state index in [-0.39, 0.29) is 6.61 Å². The highest BCUT2D eigenvalue weighted by Gasteiger charge is 2.30. The third kappa shape index (κ3) is 2.77. The van der Waals surface area contributed by atoms with Crippen LogP contribution in [0, 0.1) is 5.92 Å². The third-order valence-corrected chi connectivity index (χ3v) is 6.40. The molecular formula is C12H19NO3S2. The SMILES string of the molecule is CCC1CCCN(S(=O)(=O)c2csc(CO)c2)C1. The Morgan fingerprint density at radius 1 is 1.56 bits per heavy atom. The molecule has 1 aliphatic rings. The largest absolute Gasteiger partial charge is 0.391 e. The van der Waals surface area contributed by atoms with E-state index in [1.54, 1.807) is 15.8 Å². The first-order valence-electron chi connectivity index (χ1n) is 6.26. The first kappa shape index (κ1) is 14.0. The van der Waals surface area contributed by atoms with Crippen molar-refractivity contribution in [2.24, 2.45) is 5.92 Å². The van der Waals surface area contributed by atoms with Gasteiger partial charge in [0.05, 0.1) is 11.5 Å². The van der Waals surface area contributed by atoms with E-state index in [4.69, 9.17) is 5.11 Å². The van der Waals surface area contributed by atoms with Crippen molar-refractivity contribution in [3.8, 4) is 0 Å². The van der Waals surface area contributed by atoms with E-state index in [1.807, 2.05) is 0 Å². The fourth-order valence-corrected chi connectivity index (χ4v) is 4.98. The first-order chi connectivity index (χ1) is 8.57. The Morgan fingerprint density at radius 2 is 2.33 bits per heavy atom. The summed E-state index contributed by atoms with van der Waals surface area (Å²) in [5, 5.41) is 10.6. The lowest BCUT2D eigenvalue weighted by molar-refractivity contribution is 0.261. The molecule has 1 unspecified atom stereocenters. The van der Waals surface area contributed by atoms with E-state index in [9.17, 15) is 8.42 Å². The molecule has 0 saturated carbocycles. The number of hydrogen-bond acceptors (Lipinski definition) is 4. The number of aliphatic hydroxyl groups is 1. The van der Waals surface area contributed by atoms with Crippen LogP contribution in [0.3, 0.4) is 0 Å². The van der Waals surface area contributed by atoms with Crippen LogP contribution in [0.15, 0.2) is 16.3 Å². The molecule has 18 heavy (non-hydrogen) atoms. The highest BCUT2D eigenvalue weighted by molar-refractivity contribution is 7.89. The van der Waals surface area contributed by atoms with Gasteiger partial charge in [0.25, 0.3) is 0 Å². The van der Waals surface area contributed by atoms with Crippen molar-refractivity contribution < 1.29 is 13.5 Å². The maximum Gasteiger partial charge on any atom is 0.243 e. The van der Waals surface area contributed by atoms with E-state index in [0.717, 1.165) is 19.3 Å². The van der Waals surface area contributed by atoms with Gasteiger partial charge in [-0.2, -0.15) is 4.31 Å². The average Bonchev–Trinajstić information content (AvgIpc) is 2.88. The predicted octanol–water partition coefficient (Wildman–Crippen LogP) is 2.05. The third-order valence-electron chi connectivity index (χ3n) is 3.48. The van der Waals surface area contributed by atoms with Crippen LogP contribution in [-0.4, -0.2) is 30.9 Å². The highest BCUT2D eigenvalue weighted by Crippen LogP contribution is 2.27.